The van der Waals surface area contributed by atoms with Crippen molar-refractivity contribution in [2.24, 2.45) is 17.3 Å². The number of hydrogen-bond donors (Lipinski definition) is 0. The van der Waals surface area contributed by atoms with Crippen LogP contribution >= 0.6 is 0 Å². The molecule has 0 aromatic carbocycles. The monoisotopic (exact) mass is 306 g/mol. The van der Waals surface area contributed by atoms with Gasteiger partial charge in [-0.2, -0.15) is 5.26 Å². The van der Waals surface area contributed by atoms with E-state index < -0.39 is 17.5 Å². The van der Waals surface area contributed by atoms with E-state index in [0.29, 0.717) is 19.6 Å². The van der Waals surface area contributed by atoms with E-state index in [1.54, 1.807) is 0 Å². The zero-order chi connectivity index (χ0) is 15.3. The molecular formula is C15H18N2O5. The molecule has 4 aliphatic rings. The average molecular weight is 306 g/mol. The fraction of sp³-hybridized carbons (Fsp3) is 0.800. The van der Waals surface area contributed by atoms with Gasteiger partial charge < -0.3 is 14.2 Å². The van der Waals surface area contributed by atoms with Gasteiger partial charge in [-0.05, 0) is 12.8 Å². The number of nitrogens with zero attached hydrogens (tertiary/aromatic N) is 2. The van der Waals surface area contributed by atoms with Gasteiger partial charge in [0.05, 0.1) is 25.8 Å². The van der Waals surface area contributed by atoms with E-state index in [1.807, 2.05) is 4.90 Å². The van der Waals surface area contributed by atoms with E-state index in [0.717, 1.165) is 19.5 Å². The number of nitriles is 1. The standard InChI is InChI=1S/C15H18N2O5/c16-8-15-6-9-5-10(15)13(22-14(15)19)12(9)21-11(18)7-17-1-3-20-4-2-17/h9-10,12-13H,1-7H2. The summed E-state index contributed by atoms with van der Waals surface area (Å²) in [5.74, 6) is -0.768. The molecule has 7 heteroatoms. The van der Waals surface area contributed by atoms with Crippen LogP contribution in [0.4, 0.5) is 0 Å². The minimum absolute atomic E-state index is 0.0646. The molecule has 0 spiro atoms. The van der Waals surface area contributed by atoms with Gasteiger partial charge >= 0.3 is 11.9 Å². The first-order chi connectivity index (χ1) is 10.6. The molecule has 2 heterocycles. The van der Waals surface area contributed by atoms with Crippen molar-refractivity contribution >= 4 is 11.9 Å². The summed E-state index contributed by atoms with van der Waals surface area (Å²) in [5, 5.41) is 9.34. The van der Waals surface area contributed by atoms with Crippen molar-refractivity contribution in [3.63, 3.8) is 0 Å². The fourth-order valence-electron chi connectivity index (χ4n) is 4.42. The Kier molecular flexibility index (Phi) is 3.13. The Morgan fingerprint density at radius 2 is 2.23 bits per heavy atom. The molecule has 0 amide bonds. The molecule has 2 saturated carbocycles. The van der Waals surface area contributed by atoms with Crippen molar-refractivity contribution in [3.8, 4) is 6.07 Å². The molecule has 2 bridgehead atoms. The summed E-state index contributed by atoms with van der Waals surface area (Å²) in [4.78, 5) is 26.1. The molecule has 7 nitrogen and oxygen atoms in total. The van der Waals surface area contributed by atoms with E-state index in [9.17, 15) is 14.9 Å². The Balaban J connectivity index is 1.40. The largest absolute Gasteiger partial charge is 0.457 e. The lowest BCUT2D eigenvalue weighted by atomic mass is 9.75. The number of morpholine rings is 1. The predicted molar refractivity (Wildman–Crippen MR) is 71.3 cm³/mol. The average Bonchev–Trinajstić information content (AvgIpc) is 3.10. The fourth-order valence-corrected chi connectivity index (χ4v) is 4.42. The number of hydrogen-bond acceptors (Lipinski definition) is 7. The lowest BCUT2D eigenvalue weighted by molar-refractivity contribution is -0.163. The second kappa shape index (κ2) is 4.93. The quantitative estimate of drug-likeness (QED) is 0.662. The first-order valence-corrected chi connectivity index (χ1v) is 7.76. The number of carbonyl (C=O) groups excluding carboxylic acids is 2. The predicted octanol–water partition coefficient (Wildman–Crippen LogP) is -0.294. The summed E-state index contributed by atoms with van der Waals surface area (Å²) in [5.41, 5.74) is -0.984. The molecule has 22 heavy (non-hydrogen) atoms. The van der Waals surface area contributed by atoms with E-state index in [-0.39, 0.29) is 30.5 Å². The molecular weight excluding hydrogens is 288 g/mol. The summed E-state index contributed by atoms with van der Waals surface area (Å²) in [6.07, 6.45) is 0.379. The van der Waals surface area contributed by atoms with Gasteiger partial charge in [0.1, 0.15) is 12.2 Å². The van der Waals surface area contributed by atoms with Gasteiger partial charge in [-0.1, -0.05) is 0 Å². The van der Waals surface area contributed by atoms with Crippen LogP contribution < -0.4 is 0 Å². The highest BCUT2D eigenvalue weighted by atomic mass is 16.6. The molecule has 2 aliphatic carbocycles. The second-order valence-corrected chi connectivity index (χ2v) is 6.60. The summed E-state index contributed by atoms with van der Waals surface area (Å²) >= 11 is 0. The first kappa shape index (κ1) is 14.0. The van der Waals surface area contributed by atoms with Crippen molar-refractivity contribution < 1.29 is 23.8 Å². The van der Waals surface area contributed by atoms with Crippen LogP contribution in [0.1, 0.15) is 12.8 Å². The Labute approximate surface area is 128 Å². The SMILES string of the molecule is N#CC12CC3CC1C(OC2=O)C3OC(=O)CN1CCOCC1. The Morgan fingerprint density at radius 3 is 2.95 bits per heavy atom. The molecule has 5 atom stereocenters. The second-order valence-electron chi connectivity index (χ2n) is 6.60. The van der Waals surface area contributed by atoms with Crippen molar-refractivity contribution in [1.82, 2.24) is 4.90 Å². The highest BCUT2D eigenvalue weighted by Crippen LogP contribution is 2.62. The molecule has 118 valence electrons. The van der Waals surface area contributed by atoms with Gasteiger partial charge in [-0.15, -0.1) is 0 Å². The normalized spacial score (nSPS) is 43.0. The molecule has 0 radical (unpaired) electrons. The van der Waals surface area contributed by atoms with Crippen LogP contribution in [0.2, 0.25) is 0 Å². The minimum atomic E-state index is -0.984. The maximum atomic E-state index is 12.1. The van der Waals surface area contributed by atoms with Crippen LogP contribution in [-0.4, -0.2) is 61.9 Å². The van der Waals surface area contributed by atoms with E-state index in [4.69, 9.17) is 14.2 Å². The van der Waals surface area contributed by atoms with E-state index in [1.165, 1.54) is 0 Å². The third kappa shape index (κ3) is 1.87. The van der Waals surface area contributed by atoms with E-state index >= 15 is 0 Å². The number of fused-ring (bicyclic) bond motifs is 1. The van der Waals surface area contributed by atoms with Gasteiger partial charge in [0.15, 0.2) is 5.41 Å². The van der Waals surface area contributed by atoms with Crippen molar-refractivity contribution in [2.75, 3.05) is 32.8 Å². The first-order valence-electron chi connectivity index (χ1n) is 7.76. The molecule has 4 fully saturated rings. The van der Waals surface area contributed by atoms with Crippen LogP contribution in [0.25, 0.3) is 0 Å². The van der Waals surface area contributed by atoms with Crippen LogP contribution in [0.15, 0.2) is 0 Å². The van der Waals surface area contributed by atoms with Crippen LogP contribution in [0.5, 0.6) is 0 Å². The van der Waals surface area contributed by atoms with Crippen LogP contribution in [0, 0.1) is 28.6 Å². The summed E-state index contributed by atoms with van der Waals surface area (Å²) in [6.45, 7) is 2.95. The molecule has 2 aliphatic heterocycles. The lowest BCUT2D eigenvalue weighted by Crippen LogP contribution is -2.44. The van der Waals surface area contributed by atoms with Crippen molar-refractivity contribution in [2.45, 2.75) is 25.0 Å². The van der Waals surface area contributed by atoms with Gasteiger partial charge in [-0.25, -0.2) is 0 Å². The third-order valence-corrected chi connectivity index (χ3v) is 5.49. The number of ether oxygens (including phenoxy) is 3. The van der Waals surface area contributed by atoms with Crippen LogP contribution in [-0.2, 0) is 23.8 Å². The molecule has 5 unspecified atom stereocenters. The molecule has 0 aromatic heterocycles. The number of rotatable bonds is 3. The van der Waals surface area contributed by atoms with Gasteiger partial charge in [0.2, 0.25) is 0 Å². The smallest absolute Gasteiger partial charge is 0.327 e. The van der Waals surface area contributed by atoms with E-state index in [2.05, 4.69) is 6.07 Å². The summed E-state index contributed by atoms with van der Waals surface area (Å²) < 4.78 is 16.2. The molecule has 2 saturated heterocycles. The zero-order valence-corrected chi connectivity index (χ0v) is 12.2. The molecule has 4 rings (SSSR count). The highest BCUT2D eigenvalue weighted by molar-refractivity contribution is 5.84. The Bertz CT molecular complexity index is 553. The van der Waals surface area contributed by atoms with Gasteiger partial charge in [0, 0.05) is 24.9 Å². The van der Waals surface area contributed by atoms with Crippen molar-refractivity contribution in [1.29, 1.82) is 5.26 Å². The molecule has 0 aromatic rings. The van der Waals surface area contributed by atoms with Gasteiger partial charge in [0.25, 0.3) is 0 Å². The lowest BCUT2D eigenvalue weighted by Gasteiger charge is -2.30. The topological polar surface area (TPSA) is 88.9 Å². The maximum absolute atomic E-state index is 12.1. The van der Waals surface area contributed by atoms with Crippen LogP contribution in [0.3, 0.4) is 0 Å². The minimum Gasteiger partial charge on any atom is -0.457 e. The highest BCUT2D eigenvalue weighted by Gasteiger charge is 2.72. The number of esters is 2. The maximum Gasteiger partial charge on any atom is 0.327 e. The number of carbonyl (C=O) groups is 2. The summed E-state index contributed by atoms with van der Waals surface area (Å²) in [6, 6.07) is 2.15. The zero-order valence-electron chi connectivity index (χ0n) is 12.2. The third-order valence-electron chi connectivity index (χ3n) is 5.49. The summed E-state index contributed by atoms with van der Waals surface area (Å²) in [7, 11) is 0. The van der Waals surface area contributed by atoms with Crippen molar-refractivity contribution in [3.05, 3.63) is 0 Å². The molecule has 0 N–H and O–H groups in total. The Morgan fingerprint density at radius 1 is 1.45 bits per heavy atom. The van der Waals surface area contributed by atoms with Gasteiger partial charge in [-0.3, -0.25) is 14.5 Å². The Hall–Kier alpha value is -1.65.